The van der Waals surface area contributed by atoms with Crippen LogP contribution < -0.4 is 10.6 Å². The highest BCUT2D eigenvalue weighted by Crippen LogP contribution is 2.35. The summed E-state index contributed by atoms with van der Waals surface area (Å²) in [6.45, 7) is 2.86. The van der Waals surface area contributed by atoms with Gasteiger partial charge >= 0.3 is 12.0 Å². The number of allylic oxidation sites excluding steroid dienone is 1. The van der Waals surface area contributed by atoms with Gasteiger partial charge in [0, 0.05) is 23.1 Å². The van der Waals surface area contributed by atoms with E-state index in [2.05, 4.69) is 15.6 Å². The number of aliphatic carboxylic acids is 1. The summed E-state index contributed by atoms with van der Waals surface area (Å²) in [5.74, 6) is -1.61. The van der Waals surface area contributed by atoms with Crippen LogP contribution >= 0.6 is 11.6 Å². The molecule has 1 aromatic carbocycles. The first-order valence-corrected chi connectivity index (χ1v) is 9.62. The SMILES string of the molecule is CC1=C(C(=O)NC(C)c2ccncc2)C(c2cccc(Cl)c2)N(CC(=O)O)C(=O)N1. The van der Waals surface area contributed by atoms with Crippen molar-refractivity contribution in [2.24, 2.45) is 0 Å². The Hall–Kier alpha value is -3.39. The lowest BCUT2D eigenvalue weighted by Gasteiger charge is -2.37. The van der Waals surface area contributed by atoms with E-state index in [0.717, 1.165) is 10.5 Å². The Morgan fingerprint density at radius 2 is 2.00 bits per heavy atom. The molecular formula is C21H21ClN4O4. The Bertz CT molecular complexity index is 1010. The van der Waals surface area contributed by atoms with Gasteiger partial charge in [-0.15, -0.1) is 0 Å². The lowest BCUT2D eigenvalue weighted by Crippen LogP contribution is -2.51. The van der Waals surface area contributed by atoms with Gasteiger partial charge in [0.25, 0.3) is 5.91 Å². The van der Waals surface area contributed by atoms with E-state index in [9.17, 15) is 19.5 Å². The van der Waals surface area contributed by atoms with Crippen LogP contribution in [0.1, 0.15) is 37.1 Å². The highest BCUT2D eigenvalue weighted by molar-refractivity contribution is 6.30. The third-order valence-electron chi connectivity index (χ3n) is 4.81. The number of hydrogen-bond donors (Lipinski definition) is 3. The number of aromatic nitrogens is 1. The third kappa shape index (κ3) is 4.60. The fraction of sp³-hybridized carbons (Fsp3) is 0.238. The molecule has 2 heterocycles. The number of rotatable bonds is 6. The molecule has 2 atom stereocenters. The van der Waals surface area contributed by atoms with Crippen molar-refractivity contribution in [1.82, 2.24) is 20.5 Å². The quantitative estimate of drug-likeness (QED) is 0.654. The highest BCUT2D eigenvalue weighted by atomic mass is 35.5. The topological polar surface area (TPSA) is 112 Å². The number of carbonyl (C=O) groups excluding carboxylic acids is 2. The van der Waals surface area contributed by atoms with Crippen molar-refractivity contribution in [1.29, 1.82) is 0 Å². The Kier molecular flexibility index (Phi) is 6.37. The van der Waals surface area contributed by atoms with E-state index in [1.807, 2.05) is 6.92 Å². The lowest BCUT2D eigenvalue weighted by molar-refractivity contribution is -0.138. The van der Waals surface area contributed by atoms with Gasteiger partial charge in [0.2, 0.25) is 0 Å². The smallest absolute Gasteiger partial charge is 0.323 e. The van der Waals surface area contributed by atoms with E-state index in [-0.39, 0.29) is 11.6 Å². The van der Waals surface area contributed by atoms with Crippen molar-refractivity contribution in [2.45, 2.75) is 25.9 Å². The van der Waals surface area contributed by atoms with E-state index in [0.29, 0.717) is 16.3 Å². The van der Waals surface area contributed by atoms with Gasteiger partial charge in [-0.05, 0) is 49.2 Å². The van der Waals surface area contributed by atoms with Crippen LogP contribution in [0.4, 0.5) is 4.79 Å². The molecule has 2 unspecified atom stereocenters. The summed E-state index contributed by atoms with van der Waals surface area (Å²) in [5, 5.41) is 15.2. The monoisotopic (exact) mass is 428 g/mol. The number of nitrogens with zero attached hydrogens (tertiary/aromatic N) is 2. The normalized spacial score (nSPS) is 17.4. The van der Waals surface area contributed by atoms with E-state index in [1.165, 1.54) is 0 Å². The summed E-state index contributed by atoms with van der Waals surface area (Å²) in [7, 11) is 0. The van der Waals surface area contributed by atoms with Gasteiger partial charge in [-0.2, -0.15) is 0 Å². The molecule has 9 heteroatoms. The number of pyridine rings is 1. The molecule has 30 heavy (non-hydrogen) atoms. The first-order valence-electron chi connectivity index (χ1n) is 9.24. The second-order valence-electron chi connectivity index (χ2n) is 6.92. The standard InChI is InChI=1S/C21H21ClN4O4/c1-12(14-6-8-23-9-7-14)24-20(29)18-13(2)25-21(30)26(11-17(27)28)19(18)15-4-3-5-16(22)10-15/h3-10,12,19H,11H2,1-2H3,(H,24,29)(H,25,30)(H,27,28). The highest BCUT2D eigenvalue weighted by Gasteiger charge is 2.39. The number of carbonyl (C=O) groups is 3. The predicted octanol–water partition coefficient (Wildman–Crippen LogP) is 3.04. The summed E-state index contributed by atoms with van der Waals surface area (Å²) in [6.07, 6.45) is 3.26. The van der Waals surface area contributed by atoms with Crippen molar-refractivity contribution in [3.05, 3.63) is 76.2 Å². The molecule has 0 saturated carbocycles. The van der Waals surface area contributed by atoms with E-state index in [4.69, 9.17) is 11.6 Å². The number of carboxylic acids is 1. The van der Waals surface area contributed by atoms with Crippen LogP contribution in [0.15, 0.2) is 60.1 Å². The van der Waals surface area contributed by atoms with Crippen molar-refractivity contribution in [2.75, 3.05) is 6.54 Å². The number of hydrogen-bond acceptors (Lipinski definition) is 4. The van der Waals surface area contributed by atoms with Crippen molar-refractivity contribution in [3.63, 3.8) is 0 Å². The molecule has 1 aromatic heterocycles. The van der Waals surface area contributed by atoms with Gasteiger partial charge in [-0.25, -0.2) is 4.79 Å². The Morgan fingerprint density at radius 1 is 1.30 bits per heavy atom. The van der Waals surface area contributed by atoms with Crippen molar-refractivity contribution in [3.8, 4) is 0 Å². The molecule has 3 amide bonds. The first kappa shape index (κ1) is 21.3. The molecule has 3 N–H and O–H groups in total. The number of nitrogens with one attached hydrogen (secondary N) is 2. The minimum atomic E-state index is -1.19. The molecule has 8 nitrogen and oxygen atoms in total. The minimum Gasteiger partial charge on any atom is -0.480 e. The molecule has 1 aliphatic rings. The van der Waals surface area contributed by atoms with Crippen LogP contribution in [-0.2, 0) is 9.59 Å². The Labute approximate surface area is 178 Å². The van der Waals surface area contributed by atoms with Gasteiger partial charge in [0.1, 0.15) is 6.54 Å². The van der Waals surface area contributed by atoms with Crippen LogP contribution in [0.2, 0.25) is 5.02 Å². The van der Waals surface area contributed by atoms with Crippen LogP contribution in [0.3, 0.4) is 0 Å². The average Bonchev–Trinajstić information content (AvgIpc) is 2.70. The number of halogens is 1. The zero-order valence-electron chi connectivity index (χ0n) is 16.4. The zero-order chi connectivity index (χ0) is 21.8. The molecule has 0 bridgehead atoms. The first-order chi connectivity index (χ1) is 14.3. The maximum absolute atomic E-state index is 13.3. The molecule has 1 aliphatic heterocycles. The van der Waals surface area contributed by atoms with Gasteiger partial charge in [0.05, 0.1) is 17.7 Å². The van der Waals surface area contributed by atoms with Crippen LogP contribution in [0.25, 0.3) is 0 Å². The maximum atomic E-state index is 13.3. The molecule has 3 rings (SSSR count). The molecule has 0 radical (unpaired) electrons. The molecule has 0 spiro atoms. The zero-order valence-corrected chi connectivity index (χ0v) is 17.2. The number of urea groups is 1. The molecule has 2 aromatic rings. The Morgan fingerprint density at radius 3 is 2.63 bits per heavy atom. The van der Waals surface area contributed by atoms with Gasteiger partial charge in [-0.1, -0.05) is 23.7 Å². The fourth-order valence-corrected chi connectivity index (χ4v) is 3.61. The van der Waals surface area contributed by atoms with Crippen LogP contribution in [-0.4, -0.2) is 39.4 Å². The second-order valence-corrected chi connectivity index (χ2v) is 7.36. The lowest BCUT2D eigenvalue weighted by atomic mass is 9.92. The van der Waals surface area contributed by atoms with Gasteiger partial charge in [0.15, 0.2) is 0 Å². The summed E-state index contributed by atoms with van der Waals surface area (Å²) >= 11 is 6.12. The Balaban J connectivity index is 2.01. The van der Waals surface area contributed by atoms with Crippen molar-refractivity contribution < 1.29 is 19.5 Å². The van der Waals surface area contributed by atoms with Crippen LogP contribution in [0.5, 0.6) is 0 Å². The summed E-state index contributed by atoms with van der Waals surface area (Å²) in [6, 6.07) is 8.43. The molecule has 0 saturated heterocycles. The molecule has 0 aliphatic carbocycles. The second kappa shape index (κ2) is 8.96. The molecular weight excluding hydrogens is 408 g/mol. The number of benzene rings is 1. The summed E-state index contributed by atoms with van der Waals surface area (Å²) in [5.41, 5.74) is 2.00. The van der Waals surface area contributed by atoms with E-state index in [1.54, 1.807) is 55.7 Å². The number of carboxylic acid groups (broad SMARTS) is 1. The average molecular weight is 429 g/mol. The fourth-order valence-electron chi connectivity index (χ4n) is 3.41. The summed E-state index contributed by atoms with van der Waals surface area (Å²) < 4.78 is 0. The van der Waals surface area contributed by atoms with Gasteiger partial charge < -0.3 is 20.6 Å². The predicted molar refractivity (Wildman–Crippen MR) is 111 cm³/mol. The third-order valence-corrected chi connectivity index (χ3v) is 5.05. The van der Waals surface area contributed by atoms with E-state index >= 15 is 0 Å². The molecule has 0 fully saturated rings. The summed E-state index contributed by atoms with van der Waals surface area (Å²) in [4.78, 5) is 42.3. The maximum Gasteiger partial charge on any atom is 0.323 e. The largest absolute Gasteiger partial charge is 0.480 e. The van der Waals surface area contributed by atoms with E-state index < -0.39 is 30.5 Å². The molecule has 156 valence electrons. The minimum absolute atomic E-state index is 0.249. The number of amides is 3. The van der Waals surface area contributed by atoms with Gasteiger partial charge in [-0.3, -0.25) is 14.6 Å². The van der Waals surface area contributed by atoms with Crippen LogP contribution in [0, 0.1) is 0 Å². The van der Waals surface area contributed by atoms with Crippen molar-refractivity contribution >= 4 is 29.5 Å².